The van der Waals surface area contributed by atoms with Gasteiger partial charge in [0, 0.05) is 30.1 Å². The number of ether oxygens (including phenoxy) is 1. The third-order valence-electron chi connectivity index (χ3n) is 4.44. The summed E-state index contributed by atoms with van der Waals surface area (Å²) >= 11 is 0. The minimum atomic E-state index is -3.61. The predicted octanol–water partition coefficient (Wildman–Crippen LogP) is 2.82. The molecule has 0 unspecified atom stereocenters. The molecule has 2 aromatic carbocycles. The summed E-state index contributed by atoms with van der Waals surface area (Å²) in [5, 5.41) is 1.12. The van der Waals surface area contributed by atoms with Crippen LogP contribution >= 0.6 is 0 Å². The van der Waals surface area contributed by atoms with Crippen LogP contribution in [0.1, 0.15) is 11.1 Å². The average Bonchev–Trinajstić information content (AvgIpc) is 2.74. The summed E-state index contributed by atoms with van der Waals surface area (Å²) in [5.74, 6) is 0.718. The fraction of sp³-hybridized carbons (Fsp3) is 0.182. The van der Waals surface area contributed by atoms with Gasteiger partial charge in [-0.2, -0.15) is 0 Å². The normalized spacial score (nSPS) is 11.7. The molecule has 0 spiro atoms. The number of methoxy groups -OCH3 is 1. The van der Waals surface area contributed by atoms with Gasteiger partial charge in [0.25, 0.3) is 5.56 Å². The van der Waals surface area contributed by atoms with Gasteiger partial charge in [-0.1, -0.05) is 29.8 Å². The van der Waals surface area contributed by atoms with E-state index in [0.717, 1.165) is 27.8 Å². The van der Waals surface area contributed by atoms with E-state index in [1.54, 1.807) is 19.2 Å². The first kappa shape index (κ1) is 21.5. The summed E-state index contributed by atoms with van der Waals surface area (Å²) in [6.07, 6.45) is 2.94. The van der Waals surface area contributed by atoms with E-state index in [1.165, 1.54) is 23.0 Å². The molecule has 3 rings (SSSR count). The average molecular weight is 426 g/mol. The van der Waals surface area contributed by atoms with Crippen LogP contribution < -0.4 is 15.0 Å². The Morgan fingerprint density at radius 2 is 1.80 bits per heavy atom. The van der Waals surface area contributed by atoms with Gasteiger partial charge in [-0.25, -0.2) is 18.1 Å². The first-order valence-corrected chi connectivity index (χ1v) is 10.9. The largest absolute Gasteiger partial charge is 0.497 e. The summed E-state index contributed by atoms with van der Waals surface area (Å²) in [6.45, 7) is 2.21. The van der Waals surface area contributed by atoms with Crippen molar-refractivity contribution in [3.63, 3.8) is 0 Å². The monoisotopic (exact) mass is 425 g/mol. The highest BCUT2D eigenvalue weighted by molar-refractivity contribution is 7.92. The minimum absolute atomic E-state index is 0.0735. The molecule has 1 N–H and O–H groups in total. The number of aromatic nitrogens is 2. The first-order chi connectivity index (χ1) is 14.4. The number of aryl methyl sites for hydroxylation is 1. The molecule has 0 saturated heterocycles. The highest BCUT2D eigenvalue weighted by Crippen LogP contribution is 2.19. The van der Waals surface area contributed by atoms with Crippen LogP contribution in [-0.2, 0) is 16.6 Å². The molecule has 30 heavy (non-hydrogen) atoms. The summed E-state index contributed by atoms with van der Waals surface area (Å²) in [6, 6.07) is 16.2. The number of sulfonamides is 1. The smallest absolute Gasteiger partial charge is 0.253 e. The van der Waals surface area contributed by atoms with Gasteiger partial charge < -0.3 is 4.74 Å². The van der Waals surface area contributed by atoms with E-state index in [9.17, 15) is 13.2 Å². The number of hydrogen-bond donors (Lipinski definition) is 1. The van der Waals surface area contributed by atoms with E-state index in [2.05, 4.69) is 9.71 Å². The van der Waals surface area contributed by atoms with Gasteiger partial charge in [-0.05, 0) is 42.8 Å². The molecule has 0 radical (unpaired) electrons. The number of nitrogens with zero attached hydrogens (tertiary/aromatic N) is 2. The van der Waals surface area contributed by atoms with E-state index in [-0.39, 0.29) is 18.6 Å². The molecule has 156 valence electrons. The third-order valence-corrected chi connectivity index (χ3v) is 5.54. The lowest BCUT2D eigenvalue weighted by Crippen LogP contribution is -2.29. The second-order valence-electron chi connectivity index (χ2n) is 6.69. The molecule has 7 nitrogen and oxygen atoms in total. The fourth-order valence-electron chi connectivity index (χ4n) is 2.72. The van der Waals surface area contributed by atoms with Crippen molar-refractivity contribution in [2.24, 2.45) is 0 Å². The first-order valence-electron chi connectivity index (χ1n) is 9.32. The molecular formula is C22H23N3O4S. The molecule has 1 aromatic heterocycles. The van der Waals surface area contributed by atoms with Crippen LogP contribution in [0.2, 0.25) is 0 Å². The summed E-state index contributed by atoms with van der Waals surface area (Å²) in [7, 11) is -2.02. The molecule has 0 aliphatic carbocycles. The standard InChI is InChI=1S/C22H23N3O4S/c1-17-3-5-18(6-4-17)11-14-30(27,28)24-12-13-25-16-23-21(15-22(25)26)19-7-9-20(29-2)10-8-19/h3-11,14-16,24H,12-13H2,1-2H3. The van der Waals surface area contributed by atoms with E-state index in [0.29, 0.717) is 5.69 Å². The molecule has 0 saturated carbocycles. The Hall–Kier alpha value is -3.23. The number of benzene rings is 2. The third kappa shape index (κ3) is 5.88. The zero-order valence-corrected chi connectivity index (χ0v) is 17.6. The predicted molar refractivity (Wildman–Crippen MR) is 118 cm³/mol. The van der Waals surface area contributed by atoms with Gasteiger partial charge in [-0.15, -0.1) is 0 Å². The Kier molecular flexibility index (Phi) is 6.81. The van der Waals surface area contributed by atoms with E-state index < -0.39 is 10.0 Å². The Morgan fingerprint density at radius 1 is 1.10 bits per heavy atom. The van der Waals surface area contributed by atoms with Gasteiger partial charge in [0.1, 0.15) is 5.75 Å². The van der Waals surface area contributed by atoms with Crippen LogP contribution in [0, 0.1) is 6.92 Å². The molecular weight excluding hydrogens is 402 g/mol. The van der Waals surface area contributed by atoms with Crippen LogP contribution in [0.25, 0.3) is 17.3 Å². The molecule has 1 heterocycles. The van der Waals surface area contributed by atoms with Crippen molar-refractivity contribution in [1.29, 1.82) is 0 Å². The zero-order chi connectivity index (χ0) is 21.6. The maximum absolute atomic E-state index is 12.3. The van der Waals surface area contributed by atoms with Crippen LogP contribution in [-0.4, -0.2) is 31.6 Å². The minimum Gasteiger partial charge on any atom is -0.497 e. The number of nitrogens with one attached hydrogen (secondary N) is 1. The van der Waals surface area contributed by atoms with E-state index >= 15 is 0 Å². The maximum atomic E-state index is 12.3. The molecule has 0 fully saturated rings. The molecule has 0 bridgehead atoms. The lowest BCUT2D eigenvalue weighted by atomic mass is 10.1. The quantitative estimate of drug-likeness (QED) is 0.599. The molecule has 0 aliphatic heterocycles. The maximum Gasteiger partial charge on any atom is 0.253 e. The molecule has 0 aliphatic rings. The van der Waals surface area contributed by atoms with Crippen molar-refractivity contribution in [3.8, 4) is 17.0 Å². The van der Waals surface area contributed by atoms with Crippen molar-refractivity contribution in [3.05, 3.63) is 87.8 Å². The summed E-state index contributed by atoms with van der Waals surface area (Å²) < 4.78 is 33.2. The lowest BCUT2D eigenvalue weighted by molar-refractivity contribution is 0.415. The molecule has 0 amide bonds. The highest BCUT2D eigenvalue weighted by atomic mass is 32.2. The SMILES string of the molecule is COc1ccc(-c2cc(=O)n(CCNS(=O)(=O)C=Cc3ccc(C)cc3)cn2)cc1. The summed E-state index contributed by atoms with van der Waals surface area (Å²) in [4.78, 5) is 16.6. The molecule has 3 aromatic rings. The van der Waals surface area contributed by atoms with E-state index in [1.807, 2.05) is 43.3 Å². The summed E-state index contributed by atoms with van der Waals surface area (Å²) in [5.41, 5.74) is 2.97. The second-order valence-corrected chi connectivity index (χ2v) is 8.34. The van der Waals surface area contributed by atoms with Crippen LogP contribution in [0.15, 0.2) is 71.1 Å². The fourth-order valence-corrected chi connectivity index (χ4v) is 3.52. The molecule has 0 atom stereocenters. The van der Waals surface area contributed by atoms with Gasteiger partial charge in [0.05, 0.1) is 19.1 Å². The van der Waals surface area contributed by atoms with Crippen LogP contribution in [0.4, 0.5) is 0 Å². The van der Waals surface area contributed by atoms with Gasteiger partial charge in [0.15, 0.2) is 0 Å². The van der Waals surface area contributed by atoms with Gasteiger partial charge >= 0.3 is 0 Å². The number of rotatable bonds is 8. The Morgan fingerprint density at radius 3 is 2.43 bits per heavy atom. The Balaban J connectivity index is 1.60. The van der Waals surface area contributed by atoms with Gasteiger partial charge in [0.2, 0.25) is 10.0 Å². The second kappa shape index (κ2) is 9.51. The van der Waals surface area contributed by atoms with Crippen molar-refractivity contribution in [1.82, 2.24) is 14.3 Å². The van der Waals surface area contributed by atoms with Crippen molar-refractivity contribution < 1.29 is 13.2 Å². The van der Waals surface area contributed by atoms with E-state index in [4.69, 9.17) is 4.74 Å². The Bertz CT molecular complexity index is 1180. The Labute approximate surface area is 175 Å². The lowest BCUT2D eigenvalue weighted by Gasteiger charge is -2.08. The van der Waals surface area contributed by atoms with Crippen LogP contribution in [0.5, 0.6) is 5.75 Å². The van der Waals surface area contributed by atoms with Crippen molar-refractivity contribution >= 4 is 16.1 Å². The van der Waals surface area contributed by atoms with Crippen molar-refractivity contribution in [2.75, 3.05) is 13.7 Å². The number of hydrogen-bond acceptors (Lipinski definition) is 5. The topological polar surface area (TPSA) is 90.3 Å². The zero-order valence-electron chi connectivity index (χ0n) is 16.8. The highest BCUT2D eigenvalue weighted by Gasteiger charge is 2.07. The van der Waals surface area contributed by atoms with Gasteiger partial charge in [-0.3, -0.25) is 9.36 Å². The van der Waals surface area contributed by atoms with Crippen LogP contribution in [0.3, 0.4) is 0 Å². The molecule has 8 heteroatoms. The van der Waals surface area contributed by atoms with Crippen molar-refractivity contribution in [2.45, 2.75) is 13.5 Å².